The average molecular weight is 457 g/mol. The van der Waals surface area contributed by atoms with Crippen LogP contribution < -0.4 is 20.3 Å². The van der Waals surface area contributed by atoms with Crippen molar-refractivity contribution in [1.82, 2.24) is 4.90 Å². The Morgan fingerprint density at radius 1 is 1.06 bits per heavy atom. The molecule has 178 valence electrons. The summed E-state index contributed by atoms with van der Waals surface area (Å²) in [4.78, 5) is 27.4. The van der Waals surface area contributed by atoms with Crippen LogP contribution in [-0.4, -0.2) is 81.0 Å². The molecule has 1 aliphatic heterocycles. The summed E-state index contributed by atoms with van der Waals surface area (Å²) < 4.78 is 11.0. The topological polar surface area (TPSA) is 103 Å². The van der Waals surface area contributed by atoms with Crippen LogP contribution >= 0.6 is 0 Å². The molecule has 33 heavy (non-hydrogen) atoms. The number of carbonyl (C=O) groups excluding carboxylic acids is 2. The summed E-state index contributed by atoms with van der Waals surface area (Å²) >= 11 is 0. The van der Waals surface area contributed by atoms with Crippen molar-refractivity contribution in [2.75, 3.05) is 68.6 Å². The number of benzene rings is 2. The first-order chi connectivity index (χ1) is 15.9. The lowest BCUT2D eigenvalue weighted by Gasteiger charge is -2.29. The van der Waals surface area contributed by atoms with Crippen molar-refractivity contribution in [3.63, 3.8) is 0 Å². The monoisotopic (exact) mass is 456 g/mol. The van der Waals surface area contributed by atoms with Gasteiger partial charge < -0.3 is 30.1 Å². The maximum atomic E-state index is 12.4. The molecule has 0 radical (unpaired) electrons. The maximum absolute atomic E-state index is 12.4. The van der Waals surface area contributed by atoms with Gasteiger partial charge in [0.1, 0.15) is 18.5 Å². The standard InChI is InChI=1S/C24H32N4O5/c1-18(29)25-19-5-9-23(10-6-19)33-17-22(30)15-27(2)16-24(31)26-20-3-7-21(8-4-20)28-11-13-32-14-12-28/h3-10,22,30H,11-17H2,1-2H3,(H,25,29)(H,26,31). The minimum absolute atomic E-state index is 0.0917. The van der Waals surface area contributed by atoms with Crippen LogP contribution in [0.15, 0.2) is 48.5 Å². The second-order valence-electron chi connectivity index (χ2n) is 8.06. The van der Waals surface area contributed by atoms with Crippen molar-refractivity contribution in [1.29, 1.82) is 0 Å². The summed E-state index contributed by atoms with van der Waals surface area (Å²) in [6.45, 7) is 5.16. The number of hydrogen-bond acceptors (Lipinski definition) is 7. The Balaban J connectivity index is 1.37. The van der Waals surface area contributed by atoms with E-state index in [-0.39, 0.29) is 31.5 Å². The summed E-state index contributed by atoms with van der Waals surface area (Å²) in [6.07, 6.45) is -0.759. The Morgan fingerprint density at radius 2 is 1.67 bits per heavy atom. The Kier molecular flexibility index (Phi) is 9.05. The molecule has 1 aliphatic rings. The van der Waals surface area contributed by atoms with Gasteiger partial charge in [-0.2, -0.15) is 0 Å². The molecule has 9 nitrogen and oxygen atoms in total. The molecule has 0 aromatic heterocycles. The van der Waals surface area contributed by atoms with Crippen LogP contribution in [0.3, 0.4) is 0 Å². The summed E-state index contributed by atoms with van der Waals surface area (Å²) in [5.74, 6) is 0.290. The molecule has 1 fully saturated rings. The molecule has 1 unspecified atom stereocenters. The van der Waals surface area contributed by atoms with Gasteiger partial charge in [-0.3, -0.25) is 14.5 Å². The van der Waals surface area contributed by atoms with Gasteiger partial charge >= 0.3 is 0 Å². The van der Waals surface area contributed by atoms with E-state index >= 15 is 0 Å². The Bertz CT molecular complexity index is 898. The molecule has 0 saturated carbocycles. The van der Waals surface area contributed by atoms with Crippen LogP contribution in [0.25, 0.3) is 0 Å². The molecule has 0 bridgehead atoms. The zero-order chi connectivity index (χ0) is 23.6. The van der Waals surface area contributed by atoms with Crippen molar-refractivity contribution in [3.05, 3.63) is 48.5 Å². The maximum Gasteiger partial charge on any atom is 0.238 e. The van der Waals surface area contributed by atoms with E-state index in [0.29, 0.717) is 11.4 Å². The largest absolute Gasteiger partial charge is 0.491 e. The number of hydrogen-bond donors (Lipinski definition) is 3. The van der Waals surface area contributed by atoms with Crippen LogP contribution in [0.2, 0.25) is 0 Å². The zero-order valence-electron chi connectivity index (χ0n) is 19.1. The summed E-state index contributed by atoms with van der Waals surface area (Å²) in [5.41, 5.74) is 2.52. The van der Waals surface area contributed by atoms with E-state index in [4.69, 9.17) is 9.47 Å². The van der Waals surface area contributed by atoms with Gasteiger partial charge in [0, 0.05) is 43.6 Å². The van der Waals surface area contributed by atoms with Gasteiger partial charge in [0.15, 0.2) is 0 Å². The van der Waals surface area contributed by atoms with Crippen molar-refractivity contribution in [2.45, 2.75) is 13.0 Å². The molecular weight excluding hydrogens is 424 g/mol. The van der Waals surface area contributed by atoms with Gasteiger partial charge in [-0.1, -0.05) is 0 Å². The van der Waals surface area contributed by atoms with Crippen LogP contribution in [0, 0.1) is 0 Å². The molecule has 1 heterocycles. The minimum Gasteiger partial charge on any atom is -0.491 e. The van der Waals surface area contributed by atoms with Crippen molar-refractivity contribution in [2.24, 2.45) is 0 Å². The number of nitrogens with one attached hydrogen (secondary N) is 2. The minimum atomic E-state index is -0.759. The number of likely N-dealkylation sites (N-methyl/N-ethyl adjacent to an activating group) is 1. The Morgan fingerprint density at radius 3 is 2.30 bits per heavy atom. The number of carbonyl (C=O) groups is 2. The normalized spacial score (nSPS) is 14.6. The van der Waals surface area contributed by atoms with Crippen LogP contribution in [0.1, 0.15) is 6.92 Å². The predicted octanol–water partition coefficient (Wildman–Crippen LogP) is 1.79. The number of morpholine rings is 1. The Labute approximate surface area is 194 Å². The quantitative estimate of drug-likeness (QED) is 0.501. The third-order valence-corrected chi connectivity index (χ3v) is 5.08. The molecule has 3 rings (SSSR count). The highest BCUT2D eigenvalue weighted by molar-refractivity contribution is 5.92. The molecule has 2 aromatic carbocycles. The van der Waals surface area contributed by atoms with E-state index < -0.39 is 6.10 Å². The number of nitrogens with zero attached hydrogens (tertiary/aromatic N) is 2. The van der Waals surface area contributed by atoms with Gasteiger partial charge in [-0.15, -0.1) is 0 Å². The summed E-state index contributed by atoms with van der Waals surface area (Å²) in [7, 11) is 1.77. The van der Waals surface area contributed by atoms with E-state index in [9.17, 15) is 14.7 Å². The molecule has 1 atom stereocenters. The molecule has 9 heteroatoms. The molecule has 3 N–H and O–H groups in total. The number of rotatable bonds is 10. The van der Waals surface area contributed by atoms with Crippen LogP contribution in [0.5, 0.6) is 5.75 Å². The third-order valence-electron chi connectivity index (χ3n) is 5.08. The molecule has 0 spiro atoms. The fourth-order valence-corrected chi connectivity index (χ4v) is 3.53. The SMILES string of the molecule is CC(=O)Nc1ccc(OCC(O)CN(C)CC(=O)Nc2ccc(N3CCOCC3)cc2)cc1. The molecule has 0 aliphatic carbocycles. The van der Waals surface area contributed by atoms with Gasteiger partial charge in [0.05, 0.1) is 19.8 Å². The smallest absolute Gasteiger partial charge is 0.238 e. The first kappa shape index (κ1) is 24.5. The van der Waals surface area contributed by atoms with E-state index in [1.165, 1.54) is 6.92 Å². The van der Waals surface area contributed by atoms with Crippen molar-refractivity contribution >= 4 is 28.9 Å². The molecular formula is C24H32N4O5. The van der Waals surface area contributed by atoms with Gasteiger partial charge in [-0.25, -0.2) is 0 Å². The van der Waals surface area contributed by atoms with E-state index in [1.54, 1.807) is 36.2 Å². The first-order valence-electron chi connectivity index (χ1n) is 11.0. The second-order valence-corrected chi connectivity index (χ2v) is 8.06. The summed E-state index contributed by atoms with van der Waals surface area (Å²) in [5, 5.41) is 15.8. The summed E-state index contributed by atoms with van der Waals surface area (Å²) in [6, 6.07) is 14.7. The van der Waals surface area contributed by atoms with Crippen molar-refractivity contribution in [3.8, 4) is 5.75 Å². The molecule has 2 aromatic rings. The number of aliphatic hydroxyl groups is 1. The number of anilines is 3. The van der Waals surface area contributed by atoms with E-state index in [2.05, 4.69) is 15.5 Å². The van der Waals surface area contributed by atoms with Crippen molar-refractivity contribution < 1.29 is 24.2 Å². The van der Waals surface area contributed by atoms with Gasteiger partial charge in [0.25, 0.3) is 0 Å². The predicted molar refractivity (Wildman–Crippen MR) is 128 cm³/mol. The number of ether oxygens (including phenoxy) is 2. The number of aliphatic hydroxyl groups excluding tert-OH is 1. The second kappa shape index (κ2) is 12.2. The average Bonchev–Trinajstić information content (AvgIpc) is 2.79. The zero-order valence-corrected chi connectivity index (χ0v) is 19.1. The van der Waals surface area contributed by atoms with Crippen LogP contribution in [0.4, 0.5) is 17.1 Å². The number of amides is 2. The lowest BCUT2D eigenvalue weighted by Crippen LogP contribution is -2.37. The third kappa shape index (κ3) is 8.38. The van der Waals surface area contributed by atoms with E-state index in [0.717, 1.165) is 37.7 Å². The Hall–Kier alpha value is -3.14. The van der Waals surface area contributed by atoms with Gasteiger partial charge in [-0.05, 0) is 55.6 Å². The molecule has 1 saturated heterocycles. The fourth-order valence-electron chi connectivity index (χ4n) is 3.53. The van der Waals surface area contributed by atoms with Crippen LogP contribution in [-0.2, 0) is 14.3 Å². The lowest BCUT2D eigenvalue weighted by atomic mass is 10.2. The first-order valence-corrected chi connectivity index (χ1v) is 11.0. The highest BCUT2D eigenvalue weighted by Gasteiger charge is 2.14. The molecule has 2 amide bonds. The van der Waals surface area contributed by atoms with E-state index in [1.807, 2.05) is 24.3 Å². The van der Waals surface area contributed by atoms with Gasteiger partial charge in [0.2, 0.25) is 11.8 Å². The fraction of sp³-hybridized carbons (Fsp3) is 0.417. The highest BCUT2D eigenvalue weighted by Crippen LogP contribution is 2.19. The lowest BCUT2D eigenvalue weighted by molar-refractivity contribution is -0.117. The highest BCUT2D eigenvalue weighted by atomic mass is 16.5.